The Bertz CT molecular complexity index is 134. The highest BCUT2D eigenvalue weighted by molar-refractivity contribution is 6.70. The predicted molar refractivity (Wildman–Crippen MR) is 42.8 cm³/mol. The standard InChI is InChI=1S/C7H14FNSi/c1-7(6-9)4-5-10(2,3)8/h7H,4-5H2,1-3H3. The van der Waals surface area contributed by atoms with Crippen LogP contribution in [0.5, 0.6) is 0 Å². The highest BCUT2D eigenvalue weighted by Crippen LogP contribution is 2.16. The highest BCUT2D eigenvalue weighted by atomic mass is 28.4. The first-order valence-corrected chi connectivity index (χ1v) is 6.63. The van der Waals surface area contributed by atoms with E-state index in [1.807, 2.05) is 6.92 Å². The van der Waals surface area contributed by atoms with E-state index in [0.717, 1.165) is 0 Å². The maximum atomic E-state index is 12.9. The summed E-state index contributed by atoms with van der Waals surface area (Å²) in [5.41, 5.74) is 0. The van der Waals surface area contributed by atoms with Gasteiger partial charge in [0.05, 0.1) is 6.07 Å². The van der Waals surface area contributed by atoms with Gasteiger partial charge in [-0.2, -0.15) is 5.26 Å². The molecule has 0 aromatic carbocycles. The van der Waals surface area contributed by atoms with Crippen molar-refractivity contribution in [3.05, 3.63) is 0 Å². The molecule has 1 nitrogen and oxygen atoms in total. The zero-order valence-electron chi connectivity index (χ0n) is 6.82. The van der Waals surface area contributed by atoms with Gasteiger partial charge in [-0.1, -0.05) is 0 Å². The average Bonchev–Trinajstić information content (AvgIpc) is 1.81. The molecule has 0 fully saturated rings. The van der Waals surface area contributed by atoms with Crippen molar-refractivity contribution in [2.45, 2.75) is 32.5 Å². The summed E-state index contributed by atoms with van der Waals surface area (Å²) in [6.07, 6.45) is 0.715. The third-order valence-electron chi connectivity index (χ3n) is 1.39. The van der Waals surface area contributed by atoms with E-state index in [2.05, 4.69) is 6.07 Å². The molecule has 0 aliphatic carbocycles. The molecule has 0 rings (SSSR count). The molecule has 0 aromatic heterocycles. The molecule has 3 heteroatoms. The van der Waals surface area contributed by atoms with Crippen molar-refractivity contribution in [3.8, 4) is 6.07 Å². The van der Waals surface area contributed by atoms with Crippen LogP contribution in [0.3, 0.4) is 0 Å². The lowest BCUT2D eigenvalue weighted by atomic mass is 10.1. The summed E-state index contributed by atoms with van der Waals surface area (Å²) in [6.45, 7) is 5.19. The topological polar surface area (TPSA) is 23.8 Å². The van der Waals surface area contributed by atoms with E-state index in [9.17, 15) is 4.11 Å². The van der Waals surface area contributed by atoms with Crippen LogP contribution in [0.4, 0.5) is 4.11 Å². The van der Waals surface area contributed by atoms with E-state index in [1.165, 1.54) is 0 Å². The third-order valence-corrected chi connectivity index (χ3v) is 2.87. The molecule has 0 aromatic rings. The van der Waals surface area contributed by atoms with Gasteiger partial charge in [-0.05, 0) is 32.5 Å². The Morgan fingerprint density at radius 3 is 2.40 bits per heavy atom. The fraction of sp³-hybridized carbons (Fsp3) is 0.857. The lowest BCUT2D eigenvalue weighted by molar-refractivity contribution is 0.673. The van der Waals surface area contributed by atoms with Gasteiger partial charge in [-0.15, -0.1) is 0 Å². The summed E-state index contributed by atoms with van der Waals surface area (Å²) in [6, 6.07) is 2.71. The Hall–Kier alpha value is -0.363. The van der Waals surface area contributed by atoms with Crippen molar-refractivity contribution in [2.75, 3.05) is 0 Å². The van der Waals surface area contributed by atoms with E-state index in [-0.39, 0.29) is 5.92 Å². The summed E-state index contributed by atoms with van der Waals surface area (Å²) in [7, 11) is -2.39. The summed E-state index contributed by atoms with van der Waals surface area (Å²) in [4.78, 5) is 0. The zero-order chi connectivity index (χ0) is 8.20. The Labute approximate surface area is 63.0 Å². The summed E-state index contributed by atoms with van der Waals surface area (Å²) < 4.78 is 12.9. The smallest absolute Gasteiger partial charge is 0.241 e. The molecular formula is C7H14FNSi. The molecule has 1 atom stereocenters. The normalized spacial score (nSPS) is 14.3. The first kappa shape index (κ1) is 9.64. The van der Waals surface area contributed by atoms with Gasteiger partial charge in [0.2, 0.25) is 8.41 Å². The lowest BCUT2D eigenvalue weighted by Gasteiger charge is -2.10. The maximum Gasteiger partial charge on any atom is 0.241 e. The van der Waals surface area contributed by atoms with Gasteiger partial charge >= 0.3 is 0 Å². The molecule has 0 saturated heterocycles. The van der Waals surface area contributed by atoms with Crippen LogP contribution in [0.25, 0.3) is 0 Å². The number of hydrogen-bond acceptors (Lipinski definition) is 1. The third kappa shape index (κ3) is 5.77. The van der Waals surface area contributed by atoms with E-state index in [4.69, 9.17) is 5.26 Å². The second-order valence-corrected chi connectivity index (χ2v) is 7.22. The van der Waals surface area contributed by atoms with E-state index >= 15 is 0 Å². The molecule has 0 aliphatic heterocycles. The number of halogens is 1. The van der Waals surface area contributed by atoms with Gasteiger partial charge in [0.15, 0.2) is 0 Å². The molecular weight excluding hydrogens is 145 g/mol. The Morgan fingerprint density at radius 2 is 2.10 bits per heavy atom. The van der Waals surface area contributed by atoms with Gasteiger partial charge in [0.1, 0.15) is 0 Å². The van der Waals surface area contributed by atoms with Crippen LogP contribution in [0.15, 0.2) is 0 Å². The van der Waals surface area contributed by atoms with Crippen LogP contribution in [0.2, 0.25) is 19.1 Å². The summed E-state index contributed by atoms with van der Waals surface area (Å²) in [5.74, 6) is 0.0162. The molecule has 0 radical (unpaired) electrons. The minimum absolute atomic E-state index is 0.0162. The van der Waals surface area contributed by atoms with Crippen molar-refractivity contribution in [3.63, 3.8) is 0 Å². The molecule has 0 spiro atoms. The van der Waals surface area contributed by atoms with Crippen LogP contribution in [0.1, 0.15) is 13.3 Å². The molecule has 0 amide bonds. The van der Waals surface area contributed by atoms with Crippen LogP contribution >= 0.6 is 0 Å². The molecule has 1 unspecified atom stereocenters. The first-order valence-electron chi connectivity index (χ1n) is 3.54. The van der Waals surface area contributed by atoms with Gasteiger partial charge < -0.3 is 4.11 Å². The zero-order valence-corrected chi connectivity index (χ0v) is 7.82. The number of nitrogens with zero attached hydrogens (tertiary/aromatic N) is 1. The monoisotopic (exact) mass is 159 g/mol. The van der Waals surface area contributed by atoms with Gasteiger partial charge in [-0.3, -0.25) is 0 Å². The minimum atomic E-state index is -2.39. The second kappa shape index (κ2) is 3.72. The number of hydrogen-bond donors (Lipinski definition) is 0. The number of rotatable bonds is 3. The molecule has 0 heterocycles. The predicted octanol–water partition coefficient (Wildman–Crippen LogP) is 2.71. The quantitative estimate of drug-likeness (QED) is 0.459. The minimum Gasteiger partial charge on any atom is -0.314 e. The van der Waals surface area contributed by atoms with E-state index < -0.39 is 8.41 Å². The van der Waals surface area contributed by atoms with Gasteiger partial charge in [-0.25, -0.2) is 0 Å². The van der Waals surface area contributed by atoms with Crippen LogP contribution < -0.4 is 0 Å². The first-order chi connectivity index (χ1) is 4.45. The largest absolute Gasteiger partial charge is 0.314 e. The fourth-order valence-electron chi connectivity index (χ4n) is 0.624. The van der Waals surface area contributed by atoms with E-state index in [1.54, 1.807) is 13.1 Å². The number of nitriles is 1. The Kier molecular flexibility index (Phi) is 3.58. The maximum absolute atomic E-state index is 12.9. The summed E-state index contributed by atoms with van der Waals surface area (Å²) in [5, 5.41) is 8.37. The highest BCUT2D eigenvalue weighted by Gasteiger charge is 2.20. The Morgan fingerprint density at radius 1 is 1.60 bits per heavy atom. The van der Waals surface area contributed by atoms with Crippen molar-refractivity contribution in [2.24, 2.45) is 5.92 Å². The van der Waals surface area contributed by atoms with Crippen molar-refractivity contribution in [1.29, 1.82) is 5.26 Å². The summed E-state index contributed by atoms with van der Waals surface area (Å²) >= 11 is 0. The van der Waals surface area contributed by atoms with Gasteiger partial charge in [0, 0.05) is 5.92 Å². The van der Waals surface area contributed by atoms with Crippen LogP contribution in [0, 0.1) is 17.2 Å². The molecule has 0 N–H and O–H groups in total. The van der Waals surface area contributed by atoms with E-state index in [0.29, 0.717) is 12.5 Å². The Balaban J connectivity index is 3.48. The lowest BCUT2D eigenvalue weighted by Crippen LogP contribution is -2.18. The molecule has 0 saturated carbocycles. The molecule has 58 valence electrons. The van der Waals surface area contributed by atoms with Gasteiger partial charge in [0.25, 0.3) is 0 Å². The second-order valence-electron chi connectivity index (χ2n) is 3.29. The van der Waals surface area contributed by atoms with Crippen LogP contribution in [-0.2, 0) is 0 Å². The van der Waals surface area contributed by atoms with Crippen molar-refractivity contribution < 1.29 is 4.11 Å². The SMILES string of the molecule is CC(C#N)CC[Si](C)(C)F. The van der Waals surface area contributed by atoms with Crippen LogP contribution in [-0.4, -0.2) is 8.41 Å². The molecule has 0 aliphatic rings. The van der Waals surface area contributed by atoms with Crippen molar-refractivity contribution >= 4 is 8.41 Å². The average molecular weight is 159 g/mol. The molecule has 0 bridgehead atoms. The molecule has 10 heavy (non-hydrogen) atoms. The fourth-order valence-corrected chi connectivity index (χ4v) is 1.74. The van der Waals surface area contributed by atoms with Crippen molar-refractivity contribution in [1.82, 2.24) is 0 Å².